The van der Waals surface area contributed by atoms with Crippen molar-refractivity contribution in [1.29, 1.82) is 0 Å². The Hall–Kier alpha value is -3.14. The lowest BCUT2D eigenvalue weighted by Crippen LogP contribution is -2.49. The van der Waals surface area contributed by atoms with E-state index in [9.17, 15) is 18.0 Å². The molecule has 0 atom stereocenters. The smallest absolute Gasteiger partial charge is 0.422 e. The highest BCUT2D eigenvalue weighted by Gasteiger charge is 2.45. The predicted octanol–water partition coefficient (Wildman–Crippen LogP) is 5.68. The number of fused-ring (bicyclic) bond motifs is 3. The van der Waals surface area contributed by atoms with Crippen LogP contribution in [0.5, 0.6) is 0 Å². The van der Waals surface area contributed by atoms with Crippen LogP contribution in [-0.4, -0.2) is 39.4 Å². The molecule has 2 fully saturated rings. The van der Waals surface area contributed by atoms with Crippen LogP contribution in [0.2, 0.25) is 0 Å². The Morgan fingerprint density at radius 2 is 1.81 bits per heavy atom. The maximum absolute atomic E-state index is 14.2. The number of halogens is 3. The molecule has 2 aliphatic carbocycles. The van der Waals surface area contributed by atoms with Crippen molar-refractivity contribution in [3.8, 4) is 22.7 Å². The van der Waals surface area contributed by atoms with Crippen LogP contribution in [0.4, 0.5) is 13.2 Å². The van der Waals surface area contributed by atoms with Gasteiger partial charge in [-0.05, 0) is 36.8 Å². The Morgan fingerprint density at radius 1 is 1.06 bits per heavy atom. The first-order valence-electron chi connectivity index (χ1n) is 12.4. The minimum atomic E-state index is -4.61. The highest BCUT2D eigenvalue weighted by atomic mass is 19.4. The normalized spacial score (nSPS) is 19.1. The Labute approximate surface area is 205 Å². The zero-order chi connectivity index (χ0) is 25.0. The van der Waals surface area contributed by atoms with Crippen LogP contribution >= 0.6 is 0 Å². The number of likely N-dealkylation sites (tertiary alicyclic amines) is 1. The molecule has 36 heavy (non-hydrogen) atoms. The number of hydrogen-bond acceptors (Lipinski definition) is 6. The van der Waals surface area contributed by atoms with Crippen LogP contribution in [-0.2, 0) is 30.4 Å². The first-order chi connectivity index (χ1) is 17.3. The molecule has 1 aliphatic heterocycles. The molecule has 1 saturated heterocycles. The van der Waals surface area contributed by atoms with E-state index in [1.807, 2.05) is 12.1 Å². The molecule has 0 bridgehead atoms. The molecular weight excluding hydrogens is 475 g/mol. The highest BCUT2D eigenvalue weighted by molar-refractivity contribution is 5.77. The topological polar surface area (TPSA) is 92.6 Å². The third kappa shape index (κ3) is 4.01. The monoisotopic (exact) mass is 501 g/mol. The van der Waals surface area contributed by atoms with Crippen LogP contribution in [0.1, 0.15) is 66.0 Å². The summed E-state index contributed by atoms with van der Waals surface area (Å²) in [5, 5.41) is 17.1. The van der Waals surface area contributed by atoms with E-state index < -0.39 is 17.7 Å². The van der Waals surface area contributed by atoms with Gasteiger partial charge in [-0.15, -0.1) is 0 Å². The number of carbonyl (C=O) groups is 1. The molecule has 6 rings (SSSR count). The van der Waals surface area contributed by atoms with Crippen molar-refractivity contribution in [2.75, 3.05) is 13.1 Å². The predicted molar refractivity (Wildman–Crippen MR) is 122 cm³/mol. The van der Waals surface area contributed by atoms with Gasteiger partial charge in [-0.25, -0.2) is 0 Å². The van der Waals surface area contributed by atoms with Gasteiger partial charge in [0.25, 0.3) is 0 Å². The van der Waals surface area contributed by atoms with Gasteiger partial charge in [0.2, 0.25) is 0 Å². The molecule has 3 heterocycles. The summed E-state index contributed by atoms with van der Waals surface area (Å²) in [6, 6.07) is 5.94. The Morgan fingerprint density at radius 3 is 2.53 bits per heavy atom. The number of aromatic nitrogens is 2. The third-order valence-electron chi connectivity index (χ3n) is 7.76. The molecule has 7 nitrogen and oxygen atoms in total. The van der Waals surface area contributed by atoms with Crippen LogP contribution in [0.25, 0.3) is 22.7 Å². The van der Waals surface area contributed by atoms with E-state index >= 15 is 0 Å². The van der Waals surface area contributed by atoms with E-state index in [1.165, 1.54) is 0 Å². The van der Waals surface area contributed by atoms with E-state index in [-0.39, 0.29) is 29.1 Å². The van der Waals surface area contributed by atoms with E-state index in [1.54, 1.807) is 0 Å². The number of hydrogen-bond donors (Lipinski definition) is 1. The van der Waals surface area contributed by atoms with E-state index in [2.05, 4.69) is 21.3 Å². The number of alkyl halides is 3. The zero-order valence-electron chi connectivity index (χ0n) is 19.6. The average Bonchev–Trinajstić information content (AvgIpc) is 3.45. The maximum Gasteiger partial charge on any atom is 0.422 e. The van der Waals surface area contributed by atoms with Crippen LogP contribution < -0.4 is 0 Å². The Kier molecular flexibility index (Phi) is 5.66. The fourth-order valence-corrected chi connectivity index (χ4v) is 5.87. The molecule has 1 saturated carbocycles. The average molecular weight is 502 g/mol. The summed E-state index contributed by atoms with van der Waals surface area (Å²) in [6.07, 6.45) is 0.622. The summed E-state index contributed by atoms with van der Waals surface area (Å²) in [5.74, 6) is -1.41. The van der Waals surface area contributed by atoms with Gasteiger partial charge in [0, 0.05) is 36.7 Å². The van der Waals surface area contributed by atoms with Crippen LogP contribution in [0, 0.1) is 5.92 Å². The number of carboxylic acid groups (broad SMARTS) is 1. The molecule has 0 amide bonds. The van der Waals surface area contributed by atoms with Crippen molar-refractivity contribution in [2.24, 2.45) is 5.92 Å². The molecule has 2 aromatic heterocycles. The second-order valence-corrected chi connectivity index (χ2v) is 10.2. The molecule has 10 heteroatoms. The number of aliphatic carboxylic acids is 1. The van der Waals surface area contributed by atoms with Crippen molar-refractivity contribution in [3.63, 3.8) is 0 Å². The van der Waals surface area contributed by atoms with Gasteiger partial charge < -0.3 is 14.2 Å². The van der Waals surface area contributed by atoms with Crippen molar-refractivity contribution < 1.29 is 32.1 Å². The summed E-state index contributed by atoms with van der Waals surface area (Å²) in [7, 11) is 0. The van der Waals surface area contributed by atoms with E-state index in [0.717, 1.165) is 36.0 Å². The second-order valence-electron chi connectivity index (χ2n) is 10.2. The molecule has 1 N–H and O–H groups in total. The summed E-state index contributed by atoms with van der Waals surface area (Å²) in [4.78, 5) is 13.1. The van der Waals surface area contributed by atoms with E-state index in [4.69, 9.17) is 14.2 Å². The molecule has 3 aliphatic rings. The van der Waals surface area contributed by atoms with Crippen molar-refractivity contribution in [2.45, 2.75) is 63.6 Å². The highest BCUT2D eigenvalue weighted by Crippen LogP contribution is 2.47. The van der Waals surface area contributed by atoms with Gasteiger partial charge in [0.05, 0.1) is 5.92 Å². The van der Waals surface area contributed by atoms with Crippen molar-refractivity contribution >= 4 is 5.97 Å². The number of carboxylic acids is 1. The molecular formula is C26H26F3N3O4. The molecule has 0 spiro atoms. The summed E-state index contributed by atoms with van der Waals surface area (Å²) in [6.45, 7) is 1.72. The SMILES string of the molecule is O=C(O)C1CN(Cc2ccc3c(c2)CCc2c-3noc2-c2noc(C3CCCCC3)c2C(F)(F)F)C1. The van der Waals surface area contributed by atoms with Gasteiger partial charge in [0.1, 0.15) is 11.3 Å². The first-order valence-corrected chi connectivity index (χ1v) is 12.4. The summed E-state index contributed by atoms with van der Waals surface area (Å²) < 4.78 is 53.5. The van der Waals surface area contributed by atoms with Gasteiger partial charge in [0.15, 0.2) is 17.2 Å². The third-order valence-corrected chi connectivity index (χ3v) is 7.76. The lowest BCUT2D eigenvalue weighted by Gasteiger charge is -2.36. The molecule has 1 aromatic carbocycles. The lowest BCUT2D eigenvalue weighted by atomic mass is 9.84. The Balaban J connectivity index is 1.30. The van der Waals surface area contributed by atoms with Gasteiger partial charge >= 0.3 is 12.1 Å². The summed E-state index contributed by atoms with van der Waals surface area (Å²) in [5.41, 5.74) is 2.99. The minimum absolute atomic E-state index is 0.0400. The standard InChI is InChI=1S/C26H26F3N3O4/c27-26(28,29)20-22(31-35-23(20)15-4-2-1-3-5-15)24-19-9-7-16-10-14(6-8-18(16)21(19)30-36-24)11-32-12-17(13-32)25(33)34/h6,8,10,15,17H,1-5,7,9,11-13H2,(H,33,34). The fraction of sp³-hybridized carbons (Fsp3) is 0.500. The van der Waals surface area contributed by atoms with Crippen molar-refractivity contribution in [1.82, 2.24) is 15.2 Å². The quantitative estimate of drug-likeness (QED) is 0.481. The molecule has 0 unspecified atom stereocenters. The van der Waals surface area contributed by atoms with Crippen LogP contribution in [0.3, 0.4) is 0 Å². The lowest BCUT2D eigenvalue weighted by molar-refractivity contribution is -0.147. The minimum Gasteiger partial charge on any atom is -0.481 e. The zero-order valence-corrected chi connectivity index (χ0v) is 19.6. The van der Waals surface area contributed by atoms with Gasteiger partial charge in [-0.3, -0.25) is 9.69 Å². The number of nitrogens with zero attached hydrogens (tertiary/aromatic N) is 3. The number of rotatable bonds is 5. The summed E-state index contributed by atoms with van der Waals surface area (Å²) >= 11 is 0. The fourth-order valence-electron chi connectivity index (χ4n) is 5.87. The van der Waals surface area contributed by atoms with Gasteiger partial charge in [-0.1, -0.05) is 47.8 Å². The largest absolute Gasteiger partial charge is 0.481 e. The maximum atomic E-state index is 14.2. The first kappa shape index (κ1) is 23.3. The molecule has 3 aromatic rings. The molecule has 0 radical (unpaired) electrons. The number of benzene rings is 1. The van der Waals surface area contributed by atoms with Crippen molar-refractivity contribution in [3.05, 3.63) is 46.2 Å². The van der Waals surface area contributed by atoms with Gasteiger partial charge in [-0.2, -0.15) is 13.2 Å². The second kappa shape index (κ2) is 8.76. The van der Waals surface area contributed by atoms with E-state index in [0.29, 0.717) is 56.6 Å². The number of aryl methyl sites for hydroxylation is 1. The Bertz CT molecular complexity index is 1300. The van der Waals surface area contributed by atoms with Crippen LogP contribution in [0.15, 0.2) is 27.2 Å². The molecule has 190 valence electrons.